The van der Waals surface area contributed by atoms with Crippen LogP contribution in [0.1, 0.15) is 85.0 Å². The van der Waals surface area contributed by atoms with Gasteiger partial charge in [0.2, 0.25) is 0 Å². The van der Waals surface area contributed by atoms with E-state index in [0.717, 1.165) is 37.7 Å². The van der Waals surface area contributed by atoms with E-state index in [2.05, 4.69) is 6.92 Å². The van der Waals surface area contributed by atoms with Gasteiger partial charge in [0, 0.05) is 18.9 Å². The third kappa shape index (κ3) is 4.01. The Morgan fingerprint density at radius 3 is 2.53 bits per heavy atom. The van der Waals surface area contributed by atoms with Gasteiger partial charge in [0.1, 0.15) is 12.7 Å². The Hall–Kier alpha value is -1.44. The Bertz CT molecular complexity index is 818. The number of hydrogen-bond acceptors (Lipinski definition) is 7. The molecule has 7 nitrogen and oxygen atoms in total. The largest absolute Gasteiger partial charge is 0.462 e. The molecule has 3 saturated carbocycles. The fourth-order valence-electron chi connectivity index (χ4n) is 8.39. The first-order chi connectivity index (χ1) is 16.1. The molecule has 3 fully saturated rings. The van der Waals surface area contributed by atoms with Crippen LogP contribution in [0.25, 0.3) is 0 Å². The molecule has 4 rings (SSSR count). The number of hydrogen-bond donors (Lipinski definition) is 3. The summed E-state index contributed by atoms with van der Waals surface area (Å²) in [6, 6.07) is 0. The van der Waals surface area contributed by atoms with E-state index in [0.29, 0.717) is 31.6 Å². The highest BCUT2D eigenvalue weighted by Gasteiger charge is 2.72. The normalized spacial score (nSPS) is 43.1. The third-order valence-electron chi connectivity index (χ3n) is 10.1. The summed E-state index contributed by atoms with van der Waals surface area (Å²) in [5.74, 6) is -1.03. The summed E-state index contributed by atoms with van der Waals surface area (Å²) in [5, 5.41) is 35.1. The maximum atomic E-state index is 12.5. The predicted octanol–water partition coefficient (Wildman–Crippen LogP) is 3.29. The molecule has 0 spiro atoms. The second kappa shape index (κ2) is 9.55. The van der Waals surface area contributed by atoms with Crippen LogP contribution in [0.4, 0.5) is 0 Å². The molecule has 4 aliphatic rings. The molecular weight excluding hydrogens is 436 g/mol. The van der Waals surface area contributed by atoms with Crippen molar-refractivity contribution in [3.63, 3.8) is 0 Å². The fourth-order valence-corrected chi connectivity index (χ4v) is 8.39. The minimum atomic E-state index is -1.38. The van der Waals surface area contributed by atoms with Crippen LogP contribution in [0, 0.1) is 28.6 Å². The number of carbonyl (C=O) groups excluding carboxylic acids is 2. The summed E-state index contributed by atoms with van der Waals surface area (Å²) in [7, 11) is 0. The summed E-state index contributed by atoms with van der Waals surface area (Å²) in [5.41, 5.74) is -2.06. The van der Waals surface area contributed by atoms with Crippen molar-refractivity contribution in [2.75, 3.05) is 13.2 Å². The lowest BCUT2D eigenvalue weighted by Crippen LogP contribution is -2.74. The van der Waals surface area contributed by atoms with Crippen molar-refractivity contribution in [2.24, 2.45) is 28.6 Å². The number of ether oxygens (including phenoxy) is 2. The molecule has 0 saturated heterocycles. The minimum absolute atomic E-state index is 0.220. The smallest absolute Gasteiger partial charge is 0.331 e. The van der Waals surface area contributed by atoms with Gasteiger partial charge in [0.05, 0.1) is 23.7 Å². The van der Waals surface area contributed by atoms with Crippen LogP contribution < -0.4 is 0 Å². The Morgan fingerprint density at radius 2 is 1.94 bits per heavy atom. The average molecular weight is 479 g/mol. The predicted molar refractivity (Wildman–Crippen MR) is 125 cm³/mol. The zero-order valence-electron chi connectivity index (χ0n) is 20.9. The molecule has 3 N–H and O–H groups in total. The highest BCUT2D eigenvalue weighted by Crippen LogP contribution is 2.67. The van der Waals surface area contributed by atoms with Gasteiger partial charge in [-0.3, -0.25) is 4.79 Å². The van der Waals surface area contributed by atoms with Crippen LogP contribution in [0.15, 0.2) is 11.6 Å². The number of carbonyl (C=O) groups is 2. The Kier molecular flexibility index (Phi) is 7.20. The molecule has 7 atom stereocenters. The molecule has 0 aromatic heterocycles. The van der Waals surface area contributed by atoms with Gasteiger partial charge in [0.15, 0.2) is 0 Å². The van der Waals surface area contributed by atoms with Crippen molar-refractivity contribution in [3.8, 4) is 0 Å². The molecule has 0 radical (unpaired) electrons. The fraction of sp³-hybridized carbons (Fsp3) is 0.852. The number of cyclic esters (lactones) is 1. The minimum Gasteiger partial charge on any atom is -0.462 e. The Labute approximate surface area is 202 Å². The highest BCUT2D eigenvalue weighted by atomic mass is 16.5. The summed E-state index contributed by atoms with van der Waals surface area (Å²) in [6.45, 7) is 5.41. The topological polar surface area (TPSA) is 113 Å². The van der Waals surface area contributed by atoms with Crippen LogP contribution in [-0.2, 0) is 19.1 Å². The molecule has 0 aromatic rings. The standard InChI is InChI=1S/C27H42O7/c1-17-13-21(34-18(2)29)24-25(3,20-7-5-4-6-8-20)11-10-22(30)26(24,16-28)27(17,32)12-9-19-14-23(31)33-15-19/h14,17,20-22,24,28,30,32H,4-13,15-16H2,1-3H3/t17-,21-,22+,24+,25+,26+,27-/m1/s1. The van der Waals surface area contributed by atoms with E-state index < -0.39 is 23.2 Å². The molecule has 7 heteroatoms. The van der Waals surface area contributed by atoms with Crippen LogP contribution >= 0.6 is 0 Å². The molecule has 192 valence electrons. The molecule has 1 aliphatic heterocycles. The molecule has 0 aromatic carbocycles. The molecule has 3 aliphatic carbocycles. The second-order valence-electron chi connectivity index (χ2n) is 11.7. The first-order valence-electron chi connectivity index (χ1n) is 13.1. The maximum Gasteiger partial charge on any atom is 0.331 e. The van der Waals surface area contributed by atoms with Gasteiger partial charge >= 0.3 is 11.9 Å². The number of aliphatic hydroxyl groups is 3. The quantitative estimate of drug-likeness (QED) is 0.502. The lowest BCUT2D eigenvalue weighted by Gasteiger charge is -2.68. The first-order valence-corrected chi connectivity index (χ1v) is 13.1. The molecule has 0 unspecified atom stereocenters. The van der Waals surface area contributed by atoms with Crippen molar-refractivity contribution < 1.29 is 34.4 Å². The third-order valence-corrected chi connectivity index (χ3v) is 10.1. The summed E-state index contributed by atoms with van der Waals surface area (Å²) in [4.78, 5) is 23.7. The Balaban J connectivity index is 1.79. The van der Waals surface area contributed by atoms with E-state index in [4.69, 9.17) is 9.47 Å². The molecule has 0 bridgehead atoms. The molecular formula is C27H42O7. The number of aliphatic hydroxyl groups excluding tert-OH is 2. The van der Waals surface area contributed by atoms with E-state index in [1.165, 1.54) is 19.4 Å². The van der Waals surface area contributed by atoms with E-state index in [-0.39, 0.29) is 42.4 Å². The Morgan fingerprint density at radius 1 is 1.24 bits per heavy atom. The molecule has 1 heterocycles. The van der Waals surface area contributed by atoms with Crippen molar-refractivity contribution in [2.45, 2.75) is 103 Å². The monoisotopic (exact) mass is 478 g/mol. The van der Waals surface area contributed by atoms with Crippen molar-refractivity contribution >= 4 is 11.9 Å². The van der Waals surface area contributed by atoms with Crippen LogP contribution in [0.5, 0.6) is 0 Å². The van der Waals surface area contributed by atoms with Gasteiger partial charge in [-0.1, -0.05) is 33.1 Å². The van der Waals surface area contributed by atoms with Gasteiger partial charge in [-0.25, -0.2) is 4.79 Å². The lowest BCUT2D eigenvalue weighted by atomic mass is 9.39. The maximum absolute atomic E-state index is 12.5. The lowest BCUT2D eigenvalue weighted by molar-refractivity contribution is -0.308. The zero-order valence-corrected chi connectivity index (χ0v) is 20.9. The first kappa shape index (κ1) is 25.6. The zero-order chi connectivity index (χ0) is 24.7. The summed E-state index contributed by atoms with van der Waals surface area (Å²) in [6.07, 6.45) is 8.28. The van der Waals surface area contributed by atoms with E-state index >= 15 is 0 Å². The second-order valence-corrected chi connectivity index (χ2v) is 11.7. The van der Waals surface area contributed by atoms with Gasteiger partial charge in [-0.2, -0.15) is 0 Å². The number of esters is 2. The van der Waals surface area contributed by atoms with Crippen LogP contribution in [0.2, 0.25) is 0 Å². The highest BCUT2D eigenvalue weighted by molar-refractivity contribution is 5.85. The van der Waals surface area contributed by atoms with Crippen molar-refractivity contribution in [3.05, 3.63) is 11.6 Å². The van der Waals surface area contributed by atoms with E-state index in [9.17, 15) is 24.9 Å². The average Bonchev–Trinajstić information content (AvgIpc) is 3.23. The number of rotatable bonds is 6. The van der Waals surface area contributed by atoms with Crippen molar-refractivity contribution in [1.29, 1.82) is 0 Å². The van der Waals surface area contributed by atoms with Gasteiger partial charge in [-0.05, 0) is 67.8 Å². The van der Waals surface area contributed by atoms with Crippen LogP contribution in [-0.4, -0.2) is 58.3 Å². The van der Waals surface area contributed by atoms with E-state index in [1.807, 2.05) is 6.92 Å². The SMILES string of the molecule is CC(=O)O[C@@H]1C[C@@H](C)[C@](O)(CCC2=CC(=O)OC2)[C@]2(CO)[C@@H]1[C@](C)(C1CCCCC1)CC[C@@H]2O. The summed E-state index contributed by atoms with van der Waals surface area (Å²) >= 11 is 0. The summed E-state index contributed by atoms with van der Waals surface area (Å²) < 4.78 is 11.0. The van der Waals surface area contributed by atoms with Crippen molar-refractivity contribution in [1.82, 2.24) is 0 Å². The van der Waals surface area contributed by atoms with Gasteiger partial charge in [-0.15, -0.1) is 0 Å². The molecule has 34 heavy (non-hydrogen) atoms. The van der Waals surface area contributed by atoms with Gasteiger partial charge in [0.25, 0.3) is 0 Å². The van der Waals surface area contributed by atoms with E-state index in [1.54, 1.807) is 0 Å². The molecule has 0 amide bonds. The van der Waals surface area contributed by atoms with Crippen LogP contribution in [0.3, 0.4) is 0 Å². The number of fused-ring (bicyclic) bond motifs is 1. The van der Waals surface area contributed by atoms with Gasteiger partial charge < -0.3 is 24.8 Å².